The Morgan fingerprint density at radius 3 is 2.42 bits per heavy atom. The van der Waals surface area contributed by atoms with Crippen LogP contribution in [-0.2, 0) is 0 Å². The highest BCUT2D eigenvalue weighted by Crippen LogP contribution is 2.33. The van der Waals surface area contributed by atoms with Gasteiger partial charge in [0, 0.05) is 24.1 Å². The lowest BCUT2D eigenvalue weighted by Crippen LogP contribution is -2.38. The second-order valence-electron chi connectivity index (χ2n) is 5.83. The predicted octanol–water partition coefficient (Wildman–Crippen LogP) is 2.80. The van der Waals surface area contributed by atoms with Gasteiger partial charge < -0.3 is 10.1 Å². The van der Waals surface area contributed by atoms with Crippen LogP contribution < -0.4 is 10.1 Å². The van der Waals surface area contributed by atoms with Gasteiger partial charge in [0.2, 0.25) is 0 Å². The first kappa shape index (κ1) is 12.7. The molecule has 2 aliphatic rings. The minimum Gasteiger partial charge on any atom is -0.497 e. The number of ether oxygens (including phenoxy) is 1. The van der Waals surface area contributed by atoms with Gasteiger partial charge in [0.05, 0.1) is 7.11 Å². The zero-order valence-corrected chi connectivity index (χ0v) is 11.4. The first-order chi connectivity index (χ1) is 9.24. The molecular formula is C16H21NO2. The van der Waals surface area contributed by atoms with E-state index in [0.29, 0.717) is 24.4 Å². The summed E-state index contributed by atoms with van der Waals surface area (Å²) in [5, 5.41) is 3.62. The van der Waals surface area contributed by atoms with E-state index in [-0.39, 0.29) is 5.78 Å². The maximum absolute atomic E-state index is 12.3. The highest BCUT2D eigenvalue weighted by molar-refractivity contribution is 5.96. The summed E-state index contributed by atoms with van der Waals surface area (Å²) in [7, 11) is 1.64. The molecule has 0 aromatic heterocycles. The molecule has 0 aliphatic carbocycles. The molecule has 2 saturated heterocycles. The van der Waals surface area contributed by atoms with Gasteiger partial charge >= 0.3 is 0 Å². The number of hydrogen-bond donors (Lipinski definition) is 1. The summed E-state index contributed by atoms with van der Waals surface area (Å²) in [5.41, 5.74) is 0.812. The molecular weight excluding hydrogens is 238 g/mol. The van der Waals surface area contributed by atoms with E-state index in [1.54, 1.807) is 7.11 Å². The Kier molecular flexibility index (Phi) is 3.56. The van der Waals surface area contributed by atoms with Crippen molar-refractivity contribution < 1.29 is 9.53 Å². The molecule has 1 aromatic rings. The average Bonchev–Trinajstić information content (AvgIpc) is 2.78. The summed E-state index contributed by atoms with van der Waals surface area (Å²) >= 11 is 0. The van der Waals surface area contributed by atoms with Gasteiger partial charge in [-0.3, -0.25) is 4.79 Å². The molecule has 0 saturated carbocycles. The monoisotopic (exact) mass is 259 g/mol. The summed E-state index contributed by atoms with van der Waals surface area (Å²) in [6.07, 6.45) is 5.60. The third kappa shape index (κ3) is 2.81. The topological polar surface area (TPSA) is 38.3 Å². The highest BCUT2D eigenvalue weighted by atomic mass is 16.5. The molecule has 2 unspecified atom stereocenters. The van der Waals surface area contributed by atoms with Gasteiger partial charge in [-0.2, -0.15) is 0 Å². The zero-order chi connectivity index (χ0) is 13.2. The second-order valence-corrected chi connectivity index (χ2v) is 5.83. The molecule has 102 valence electrons. The molecule has 3 nitrogen and oxygen atoms in total. The van der Waals surface area contributed by atoms with E-state index < -0.39 is 0 Å². The summed E-state index contributed by atoms with van der Waals surface area (Å²) in [5.74, 6) is 1.64. The summed E-state index contributed by atoms with van der Waals surface area (Å²) in [6, 6.07) is 8.78. The third-order valence-corrected chi connectivity index (χ3v) is 4.46. The smallest absolute Gasteiger partial charge is 0.163 e. The Hall–Kier alpha value is -1.35. The first-order valence-corrected chi connectivity index (χ1v) is 7.18. The van der Waals surface area contributed by atoms with Crippen molar-refractivity contribution in [2.24, 2.45) is 5.92 Å². The van der Waals surface area contributed by atoms with Gasteiger partial charge in [0.15, 0.2) is 5.78 Å². The number of hydrogen-bond acceptors (Lipinski definition) is 3. The van der Waals surface area contributed by atoms with Crippen LogP contribution in [0.3, 0.4) is 0 Å². The zero-order valence-electron chi connectivity index (χ0n) is 11.4. The Bertz CT molecular complexity index is 442. The van der Waals surface area contributed by atoms with Crippen molar-refractivity contribution in [3.63, 3.8) is 0 Å². The molecule has 3 rings (SSSR count). The van der Waals surface area contributed by atoms with Crippen molar-refractivity contribution in [1.82, 2.24) is 5.32 Å². The number of Topliss-reactive ketones (excluding diaryl/α,β-unsaturated/α-hetero) is 1. The van der Waals surface area contributed by atoms with Gasteiger partial charge in [-0.1, -0.05) is 0 Å². The molecule has 2 atom stereocenters. The van der Waals surface area contributed by atoms with Crippen molar-refractivity contribution in [3.8, 4) is 5.75 Å². The minimum atomic E-state index is 0.272. The number of rotatable bonds is 4. The number of methoxy groups -OCH3 is 1. The lowest BCUT2D eigenvalue weighted by Gasteiger charge is -2.28. The van der Waals surface area contributed by atoms with E-state index in [1.807, 2.05) is 24.3 Å². The standard InChI is InChI=1S/C16H21NO2/c1-19-15-6-2-12(3-7-15)16(18)10-11-8-13-4-5-14(9-11)17-13/h2-3,6-7,11,13-14,17H,4-5,8-10H2,1H3. The number of carbonyl (C=O) groups excluding carboxylic acids is 1. The molecule has 2 fully saturated rings. The lowest BCUT2D eigenvalue weighted by molar-refractivity contribution is 0.0945. The molecule has 1 aromatic carbocycles. The van der Waals surface area contributed by atoms with E-state index in [4.69, 9.17) is 4.74 Å². The van der Waals surface area contributed by atoms with Crippen LogP contribution in [0.25, 0.3) is 0 Å². The Morgan fingerprint density at radius 1 is 1.21 bits per heavy atom. The van der Waals surface area contributed by atoms with Gasteiger partial charge in [-0.15, -0.1) is 0 Å². The largest absolute Gasteiger partial charge is 0.497 e. The Morgan fingerprint density at radius 2 is 1.84 bits per heavy atom. The molecule has 0 radical (unpaired) electrons. The maximum atomic E-state index is 12.3. The molecule has 19 heavy (non-hydrogen) atoms. The van der Waals surface area contributed by atoms with Crippen LogP contribution in [0, 0.1) is 5.92 Å². The van der Waals surface area contributed by atoms with Crippen molar-refractivity contribution >= 4 is 5.78 Å². The molecule has 1 N–H and O–H groups in total. The Balaban J connectivity index is 1.61. The predicted molar refractivity (Wildman–Crippen MR) is 74.6 cm³/mol. The van der Waals surface area contributed by atoms with Crippen molar-refractivity contribution in [3.05, 3.63) is 29.8 Å². The van der Waals surface area contributed by atoms with Gasteiger partial charge in [0.25, 0.3) is 0 Å². The van der Waals surface area contributed by atoms with Crippen LogP contribution in [0.5, 0.6) is 5.75 Å². The minimum absolute atomic E-state index is 0.272. The van der Waals surface area contributed by atoms with E-state index in [2.05, 4.69) is 5.32 Å². The number of carbonyl (C=O) groups is 1. The maximum Gasteiger partial charge on any atom is 0.163 e. The van der Waals surface area contributed by atoms with Gasteiger partial charge in [-0.25, -0.2) is 0 Å². The van der Waals surface area contributed by atoms with Crippen LogP contribution >= 0.6 is 0 Å². The second kappa shape index (κ2) is 5.33. The Labute approximate surface area is 114 Å². The lowest BCUT2D eigenvalue weighted by atomic mass is 9.87. The first-order valence-electron chi connectivity index (χ1n) is 7.18. The van der Waals surface area contributed by atoms with E-state index in [0.717, 1.165) is 11.3 Å². The molecule has 2 aliphatic heterocycles. The van der Waals surface area contributed by atoms with Gasteiger partial charge in [-0.05, 0) is 55.9 Å². The van der Waals surface area contributed by atoms with Crippen LogP contribution in [0.2, 0.25) is 0 Å². The number of piperidine rings is 1. The fraction of sp³-hybridized carbons (Fsp3) is 0.562. The number of benzene rings is 1. The van der Waals surface area contributed by atoms with Crippen LogP contribution in [-0.4, -0.2) is 25.0 Å². The molecule has 3 heteroatoms. The van der Waals surface area contributed by atoms with Crippen molar-refractivity contribution in [2.45, 2.75) is 44.2 Å². The fourth-order valence-electron chi connectivity index (χ4n) is 3.50. The van der Waals surface area contributed by atoms with Crippen LogP contribution in [0.1, 0.15) is 42.5 Å². The van der Waals surface area contributed by atoms with E-state index in [1.165, 1.54) is 25.7 Å². The van der Waals surface area contributed by atoms with E-state index >= 15 is 0 Å². The van der Waals surface area contributed by atoms with Crippen LogP contribution in [0.15, 0.2) is 24.3 Å². The summed E-state index contributed by atoms with van der Waals surface area (Å²) < 4.78 is 5.12. The van der Waals surface area contributed by atoms with Crippen LogP contribution in [0.4, 0.5) is 0 Å². The number of nitrogens with one attached hydrogen (secondary N) is 1. The SMILES string of the molecule is COc1ccc(C(=O)CC2CC3CCC(C2)N3)cc1. The highest BCUT2D eigenvalue weighted by Gasteiger charge is 2.34. The molecule has 2 heterocycles. The summed E-state index contributed by atoms with van der Waals surface area (Å²) in [6.45, 7) is 0. The normalized spacial score (nSPS) is 29.2. The third-order valence-electron chi connectivity index (χ3n) is 4.46. The van der Waals surface area contributed by atoms with Crippen molar-refractivity contribution in [1.29, 1.82) is 0 Å². The molecule has 2 bridgehead atoms. The summed E-state index contributed by atoms with van der Waals surface area (Å²) in [4.78, 5) is 12.3. The number of fused-ring (bicyclic) bond motifs is 2. The molecule has 0 amide bonds. The number of ketones is 1. The van der Waals surface area contributed by atoms with Gasteiger partial charge in [0.1, 0.15) is 5.75 Å². The molecule has 0 spiro atoms. The average molecular weight is 259 g/mol. The fourth-order valence-corrected chi connectivity index (χ4v) is 3.50. The van der Waals surface area contributed by atoms with E-state index in [9.17, 15) is 4.79 Å². The quantitative estimate of drug-likeness (QED) is 0.845. The van der Waals surface area contributed by atoms with Crippen molar-refractivity contribution in [2.75, 3.05) is 7.11 Å².